The Balaban J connectivity index is 2.13. The summed E-state index contributed by atoms with van der Waals surface area (Å²) in [5.74, 6) is -0.219. The lowest BCUT2D eigenvalue weighted by Gasteiger charge is -2.18. The summed E-state index contributed by atoms with van der Waals surface area (Å²) in [7, 11) is -4.31. The normalized spacial score (nSPS) is 15.1. The van der Waals surface area contributed by atoms with Crippen molar-refractivity contribution < 1.29 is 36.0 Å². The summed E-state index contributed by atoms with van der Waals surface area (Å²) in [6.45, 7) is -1.97. The van der Waals surface area contributed by atoms with Gasteiger partial charge in [-0.05, 0) is 18.2 Å². The van der Waals surface area contributed by atoms with Gasteiger partial charge in [0.25, 0.3) is 15.9 Å². The highest BCUT2D eigenvalue weighted by atomic mass is 32.2. The molecular formula is C10H9F3N2O5S. The number of anilines is 1. The number of fused-ring (bicyclic) bond motifs is 1. The Hall–Kier alpha value is -1.85. The number of halogens is 3. The molecule has 0 unspecified atom stereocenters. The third-order valence-electron chi connectivity index (χ3n) is 2.30. The predicted molar refractivity (Wildman–Crippen MR) is 62.9 cm³/mol. The van der Waals surface area contributed by atoms with Crippen LogP contribution in [0.15, 0.2) is 23.1 Å². The van der Waals surface area contributed by atoms with Crippen LogP contribution >= 0.6 is 0 Å². The summed E-state index contributed by atoms with van der Waals surface area (Å²) in [5.41, 5.74) is 0.102. The van der Waals surface area contributed by atoms with E-state index in [1.54, 1.807) is 0 Å². The Kier molecular flexibility index (Phi) is 4.07. The van der Waals surface area contributed by atoms with E-state index in [4.69, 9.17) is 4.74 Å². The smallest absolute Gasteiger partial charge is 0.413 e. The maximum absolute atomic E-state index is 11.9. The van der Waals surface area contributed by atoms with Crippen molar-refractivity contribution in [2.24, 2.45) is 0 Å². The number of hydrogen-bond acceptors (Lipinski definition) is 5. The summed E-state index contributed by atoms with van der Waals surface area (Å²) in [5, 5.41) is 2.38. The fourth-order valence-corrected chi connectivity index (χ4v) is 2.30. The highest BCUT2D eigenvalue weighted by Gasteiger charge is 2.29. The third kappa shape index (κ3) is 4.06. The molecule has 1 aromatic rings. The van der Waals surface area contributed by atoms with Crippen molar-refractivity contribution in [3.05, 3.63) is 18.2 Å². The Bertz CT molecular complexity index is 659. The number of benzene rings is 1. The van der Waals surface area contributed by atoms with Gasteiger partial charge in [-0.25, -0.2) is 8.42 Å². The molecule has 0 saturated carbocycles. The zero-order chi connectivity index (χ0) is 15.7. The molecule has 1 amide bonds. The number of ether oxygens (including phenoxy) is 1. The third-order valence-corrected chi connectivity index (χ3v) is 3.51. The van der Waals surface area contributed by atoms with E-state index >= 15 is 0 Å². The fraction of sp³-hybridized carbons (Fsp3) is 0.300. The number of amides is 1. The molecular weight excluding hydrogens is 317 g/mol. The summed E-state index contributed by atoms with van der Waals surface area (Å²) in [6.07, 6.45) is -4.67. The van der Waals surface area contributed by atoms with Crippen LogP contribution in [-0.2, 0) is 19.7 Å². The van der Waals surface area contributed by atoms with Crippen molar-refractivity contribution >= 4 is 21.6 Å². The van der Waals surface area contributed by atoms with Crippen molar-refractivity contribution in [1.29, 1.82) is 0 Å². The van der Waals surface area contributed by atoms with Crippen LogP contribution in [0, 0.1) is 0 Å². The monoisotopic (exact) mass is 326 g/mol. The standard InChI is InChI=1S/C10H9F3N2O5S/c11-10(12,13)5-20-15-21(17,18)6-1-2-8-7(3-6)14-9(16)4-19-8/h1-3,15H,4-5H2,(H,14,16). The van der Waals surface area contributed by atoms with Gasteiger partial charge >= 0.3 is 6.18 Å². The van der Waals surface area contributed by atoms with Gasteiger partial charge in [-0.3, -0.25) is 9.63 Å². The molecule has 0 saturated heterocycles. The zero-order valence-electron chi connectivity index (χ0n) is 10.2. The molecule has 21 heavy (non-hydrogen) atoms. The highest BCUT2D eigenvalue weighted by molar-refractivity contribution is 7.89. The summed E-state index contributed by atoms with van der Waals surface area (Å²) >= 11 is 0. The minimum atomic E-state index is -4.67. The second-order valence-electron chi connectivity index (χ2n) is 3.99. The Labute approximate surface area is 117 Å². The van der Waals surface area contributed by atoms with Crippen LogP contribution in [0.3, 0.4) is 0 Å². The fourth-order valence-electron chi connectivity index (χ4n) is 1.47. The van der Waals surface area contributed by atoms with Gasteiger partial charge in [-0.15, -0.1) is 0 Å². The molecule has 0 bridgehead atoms. The summed E-state index contributed by atoms with van der Waals surface area (Å²) in [6, 6.07) is 3.42. The summed E-state index contributed by atoms with van der Waals surface area (Å²) in [4.78, 5) is 16.0. The number of alkyl halides is 3. The molecule has 2 N–H and O–H groups in total. The van der Waals surface area contributed by atoms with E-state index in [1.807, 2.05) is 0 Å². The first-order chi connectivity index (χ1) is 9.67. The topological polar surface area (TPSA) is 93.7 Å². The van der Waals surface area contributed by atoms with Crippen molar-refractivity contribution in [3.8, 4) is 5.75 Å². The van der Waals surface area contributed by atoms with E-state index in [-0.39, 0.29) is 22.9 Å². The lowest BCUT2D eigenvalue weighted by atomic mass is 10.2. The maximum atomic E-state index is 11.9. The van der Waals surface area contributed by atoms with Crippen LogP contribution < -0.4 is 14.9 Å². The first-order valence-corrected chi connectivity index (χ1v) is 6.93. The maximum Gasteiger partial charge on any atom is 0.413 e. The van der Waals surface area contributed by atoms with Gasteiger partial charge in [-0.1, -0.05) is 4.89 Å². The molecule has 0 aromatic heterocycles. The number of carbonyl (C=O) groups is 1. The SMILES string of the molecule is O=C1COc2ccc(S(=O)(=O)NOCC(F)(F)F)cc2N1. The van der Waals surface area contributed by atoms with E-state index in [9.17, 15) is 26.4 Å². The first-order valence-electron chi connectivity index (χ1n) is 5.44. The Morgan fingerprint density at radius 3 is 2.76 bits per heavy atom. The highest BCUT2D eigenvalue weighted by Crippen LogP contribution is 2.30. The number of hydrogen-bond donors (Lipinski definition) is 2. The predicted octanol–water partition coefficient (Wildman–Crippen LogP) is 0.790. The number of carbonyl (C=O) groups excluding carboxylic acids is 1. The molecule has 116 valence electrons. The average molecular weight is 326 g/mol. The minimum absolute atomic E-state index is 0.102. The second-order valence-corrected chi connectivity index (χ2v) is 5.63. The van der Waals surface area contributed by atoms with E-state index in [2.05, 4.69) is 10.2 Å². The van der Waals surface area contributed by atoms with Crippen molar-refractivity contribution in [1.82, 2.24) is 4.89 Å². The zero-order valence-corrected chi connectivity index (χ0v) is 11.0. The molecule has 1 aliphatic rings. The van der Waals surface area contributed by atoms with Crippen LogP contribution in [0.2, 0.25) is 0 Å². The minimum Gasteiger partial charge on any atom is -0.482 e. The number of sulfonamides is 1. The van der Waals surface area contributed by atoms with Gasteiger partial charge in [0.1, 0.15) is 5.75 Å². The Morgan fingerprint density at radius 2 is 2.10 bits per heavy atom. The number of rotatable bonds is 4. The quantitative estimate of drug-likeness (QED) is 0.798. The lowest BCUT2D eigenvalue weighted by Crippen LogP contribution is -2.30. The van der Waals surface area contributed by atoms with Crippen molar-refractivity contribution in [2.45, 2.75) is 11.1 Å². The lowest BCUT2D eigenvalue weighted by molar-refractivity contribution is -0.181. The van der Waals surface area contributed by atoms with Gasteiger partial charge in [-0.2, -0.15) is 13.2 Å². The van der Waals surface area contributed by atoms with Gasteiger partial charge in [0, 0.05) is 0 Å². The van der Waals surface area contributed by atoms with E-state index in [1.165, 1.54) is 11.0 Å². The van der Waals surface area contributed by atoms with Gasteiger partial charge in [0.15, 0.2) is 13.2 Å². The van der Waals surface area contributed by atoms with Gasteiger partial charge in [0.2, 0.25) is 0 Å². The molecule has 1 aromatic carbocycles. The van der Waals surface area contributed by atoms with Crippen molar-refractivity contribution in [2.75, 3.05) is 18.5 Å². The molecule has 0 fully saturated rings. The molecule has 11 heteroatoms. The first kappa shape index (κ1) is 15.5. The molecule has 0 atom stereocenters. The van der Waals surface area contributed by atoms with Crippen LogP contribution in [-0.4, -0.2) is 33.7 Å². The largest absolute Gasteiger partial charge is 0.482 e. The molecule has 0 spiro atoms. The summed E-state index contributed by atoms with van der Waals surface area (Å²) < 4.78 is 64.1. The van der Waals surface area contributed by atoms with Crippen LogP contribution in [0.1, 0.15) is 0 Å². The molecule has 7 nitrogen and oxygen atoms in total. The van der Waals surface area contributed by atoms with E-state index in [0.717, 1.165) is 12.1 Å². The van der Waals surface area contributed by atoms with E-state index in [0.29, 0.717) is 0 Å². The molecule has 0 aliphatic carbocycles. The average Bonchev–Trinajstić information content (AvgIpc) is 2.36. The van der Waals surface area contributed by atoms with Crippen LogP contribution in [0.5, 0.6) is 5.75 Å². The van der Waals surface area contributed by atoms with Crippen LogP contribution in [0.4, 0.5) is 18.9 Å². The molecule has 2 rings (SSSR count). The van der Waals surface area contributed by atoms with Crippen molar-refractivity contribution in [3.63, 3.8) is 0 Å². The van der Waals surface area contributed by atoms with Crippen LogP contribution in [0.25, 0.3) is 0 Å². The van der Waals surface area contributed by atoms with Gasteiger partial charge in [0.05, 0.1) is 10.6 Å². The number of nitrogens with one attached hydrogen (secondary N) is 2. The van der Waals surface area contributed by atoms with Gasteiger partial charge < -0.3 is 10.1 Å². The van der Waals surface area contributed by atoms with E-state index < -0.39 is 28.7 Å². The molecule has 1 heterocycles. The Morgan fingerprint density at radius 1 is 1.38 bits per heavy atom. The molecule has 1 aliphatic heterocycles. The molecule has 0 radical (unpaired) electrons. The second kappa shape index (κ2) is 5.50.